The molecule has 49 heavy (non-hydrogen) atoms. The van der Waals surface area contributed by atoms with E-state index in [4.69, 9.17) is 52.6 Å². The van der Waals surface area contributed by atoms with Crippen LogP contribution in [-0.2, 0) is 41.0 Å². The second-order valence-corrected chi connectivity index (χ2v) is 12.9. The van der Waals surface area contributed by atoms with E-state index in [1.54, 1.807) is 12.1 Å². The van der Waals surface area contributed by atoms with E-state index >= 15 is 0 Å². The summed E-state index contributed by atoms with van der Waals surface area (Å²) in [5.41, 5.74) is 1.71. The number of hydrogen-bond acceptors (Lipinski definition) is 15. The average molecular weight is 726 g/mol. The lowest BCUT2D eigenvalue weighted by Crippen LogP contribution is -2.15. The highest BCUT2D eigenvalue weighted by molar-refractivity contribution is 7.48. The van der Waals surface area contributed by atoms with Crippen LogP contribution in [0.15, 0.2) is 36.9 Å². The standard InChI is InChI=1S/C28H37N9O10P2/c1-5-10-25(36-22-33-26-27(36)31-21-32-28(26)46-37-24-12-7-6-11-23(24)34-35-37)47-49(39,45-20-14-30-3)43-18-9-17-42-48(38,44-19-13-29-2)41-16-8-15-40-4/h6-7,11-12,21-22,25H,5,8-10,13-20H2,1,4H3/i15T,17T. The Morgan fingerprint density at radius 3 is 2.35 bits per heavy atom. The van der Waals surface area contributed by atoms with Crippen molar-refractivity contribution >= 4 is 37.8 Å². The Bertz CT molecular complexity index is 1890. The number of benzene rings is 1. The minimum Gasteiger partial charge on any atom is -0.385 e. The highest BCUT2D eigenvalue weighted by Gasteiger charge is 2.34. The number of para-hydroxylation sites is 1. The Hall–Kier alpha value is -3.87. The summed E-state index contributed by atoms with van der Waals surface area (Å²) in [6.45, 7) is 11.8. The Kier molecular flexibility index (Phi) is 13.8. The molecule has 0 radical (unpaired) electrons. The van der Waals surface area contributed by atoms with Crippen molar-refractivity contribution in [1.82, 2.24) is 34.7 Å². The van der Waals surface area contributed by atoms with Crippen molar-refractivity contribution in [3.63, 3.8) is 0 Å². The summed E-state index contributed by atoms with van der Waals surface area (Å²) in [7, 11) is -7.43. The third kappa shape index (κ3) is 11.1. The third-order valence-corrected chi connectivity index (χ3v) is 9.07. The molecule has 0 aliphatic carbocycles. The first-order chi connectivity index (χ1) is 24.6. The Balaban J connectivity index is 1.47. The van der Waals surface area contributed by atoms with E-state index in [-0.39, 0.29) is 62.8 Å². The molecule has 19 nitrogen and oxygen atoms in total. The van der Waals surface area contributed by atoms with Crippen LogP contribution in [0.2, 0.25) is 0 Å². The minimum atomic E-state index is -4.43. The molecule has 0 aliphatic heterocycles. The van der Waals surface area contributed by atoms with Gasteiger partial charge in [-0.25, -0.2) is 32.2 Å². The summed E-state index contributed by atoms with van der Waals surface area (Å²) in [6.07, 6.45) is 2.27. The van der Waals surface area contributed by atoms with Crippen LogP contribution in [0.3, 0.4) is 0 Å². The molecule has 3 heterocycles. The second-order valence-electron chi connectivity index (χ2n) is 9.64. The Morgan fingerprint density at radius 2 is 1.61 bits per heavy atom. The van der Waals surface area contributed by atoms with Gasteiger partial charge >= 0.3 is 15.6 Å². The van der Waals surface area contributed by atoms with Gasteiger partial charge in [0.2, 0.25) is 13.1 Å². The summed E-state index contributed by atoms with van der Waals surface area (Å²) in [4.78, 5) is 26.4. The summed E-state index contributed by atoms with van der Waals surface area (Å²) in [6, 6.07) is 7.17. The fourth-order valence-corrected chi connectivity index (χ4v) is 6.48. The number of ether oxygens (including phenoxy) is 1. The molecule has 0 bridgehead atoms. The van der Waals surface area contributed by atoms with Crippen molar-refractivity contribution < 1.29 is 48.6 Å². The molecule has 0 saturated heterocycles. The molecule has 0 amide bonds. The first-order valence-corrected chi connectivity index (χ1v) is 17.9. The van der Waals surface area contributed by atoms with Crippen molar-refractivity contribution in [2.45, 2.75) is 38.8 Å². The average Bonchev–Trinajstić information content (AvgIpc) is 3.73. The molecule has 5 unspecified atom stereocenters. The molecule has 4 rings (SSSR count). The summed E-state index contributed by atoms with van der Waals surface area (Å²) in [5, 5.41) is 8.08. The van der Waals surface area contributed by atoms with Gasteiger partial charge in [-0.1, -0.05) is 30.3 Å². The highest BCUT2D eigenvalue weighted by Crippen LogP contribution is 2.54. The molecule has 0 saturated carbocycles. The topological polar surface area (TPSA) is 191 Å². The molecule has 0 fully saturated rings. The monoisotopic (exact) mass is 725 g/mol. The molecule has 0 spiro atoms. The number of hydrogen-bond donors (Lipinski definition) is 0. The molecular weight excluding hydrogens is 684 g/mol. The molecule has 1 aromatic carbocycles. The van der Waals surface area contributed by atoms with Crippen molar-refractivity contribution in [2.24, 2.45) is 0 Å². The zero-order valence-electron chi connectivity index (χ0n) is 28.8. The summed E-state index contributed by atoms with van der Waals surface area (Å²) >= 11 is 0. The van der Waals surface area contributed by atoms with Crippen LogP contribution in [0, 0.1) is 13.1 Å². The van der Waals surface area contributed by atoms with Gasteiger partial charge in [-0.2, -0.15) is 4.98 Å². The van der Waals surface area contributed by atoms with Gasteiger partial charge in [-0.05, 0) is 36.6 Å². The van der Waals surface area contributed by atoms with E-state index in [1.165, 1.54) is 29.2 Å². The van der Waals surface area contributed by atoms with Gasteiger partial charge in [0.15, 0.2) is 11.2 Å². The van der Waals surface area contributed by atoms with E-state index in [0.29, 0.717) is 23.9 Å². The SMILES string of the molecule is [3H]C(CCOP(=O)(OCC[N+]#[C-])OC([3H])CCOP(=O)(OCC[N+]#[C-])OC(CCC)n1cnc2c(On3nnc4ccccc43)ncnc21)OC. The summed E-state index contributed by atoms with van der Waals surface area (Å²) in [5.74, 6) is 0.0661. The van der Waals surface area contributed by atoms with Crippen LogP contribution < -0.4 is 4.84 Å². The highest BCUT2D eigenvalue weighted by atomic mass is 31.2. The molecule has 264 valence electrons. The zero-order valence-corrected chi connectivity index (χ0v) is 28.6. The lowest BCUT2D eigenvalue weighted by molar-refractivity contribution is 0.0411. The van der Waals surface area contributed by atoms with E-state index in [1.807, 2.05) is 19.1 Å². The Labute approximate surface area is 285 Å². The maximum atomic E-state index is 13.9. The first-order valence-electron chi connectivity index (χ1n) is 16.1. The van der Waals surface area contributed by atoms with E-state index < -0.39 is 41.6 Å². The number of phosphoric ester groups is 2. The quantitative estimate of drug-likeness (QED) is 0.0514. The number of methoxy groups -OCH3 is 1. The largest absolute Gasteiger partial charge is 0.477 e. The number of aromatic nitrogens is 7. The summed E-state index contributed by atoms with van der Waals surface area (Å²) < 4.78 is 81.9. The van der Waals surface area contributed by atoms with Crippen LogP contribution in [-0.4, -0.2) is 94.5 Å². The van der Waals surface area contributed by atoms with Crippen molar-refractivity contribution in [3.05, 3.63) is 59.8 Å². The predicted octanol–water partition coefficient (Wildman–Crippen LogP) is 5.29. The van der Waals surface area contributed by atoms with Gasteiger partial charge in [0.25, 0.3) is 5.88 Å². The van der Waals surface area contributed by atoms with Gasteiger partial charge < -0.3 is 19.3 Å². The predicted molar refractivity (Wildman–Crippen MR) is 173 cm³/mol. The molecular formula is C28H37N9O10P2. The zero-order chi connectivity index (χ0) is 36.7. The number of fused-ring (bicyclic) bond motifs is 2. The number of rotatable bonds is 24. The van der Waals surface area contributed by atoms with Crippen molar-refractivity contribution in [2.75, 3.05) is 59.8 Å². The van der Waals surface area contributed by atoms with Crippen LogP contribution in [0.25, 0.3) is 31.9 Å². The molecule has 3 aromatic heterocycles. The maximum Gasteiger partial charge on any atom is 0.477 e. The van der Waals surface area contributed by atoms with Gasteiger partial charge in [0.05, 0.1) is 28.9 Å². The molecule has 4 aromatic rings. The lowest BCUT2D eigenvalue weighted by Gasteiger charge is -2.24. The van der Waals surface area contributed by atoms with Gasteiger partial charge in [0, 0.05) is 13.7 Å². The van der Waals surface area contributed by atoms with Crippen molar-refractivity contribution in [3.8, 4) is 5.88 Å². The minimum absolute atomic E-state index is 0.0365. The second kappa shape index (κ2) is 19.4. The fourth-order valence-electron chi connectivity index (χ4n) is 4.02. The van der Waals surface area contributed by atoms with Crippen LogP contribution >= 0.6 is 15.6 Å². The van der Waals surface area contributed by atoms with E-state index in [0.717, 1.165) is 0 Å². The van der Waals surface area contributed by atoms with Crippen LogP contribution in [0.4, 0.5) is 0 Å². The van der Waals surface area contributed by atoms with Crippen LogP contribution in [0.5, 0.6) is 5.88 Å². The number of nitrogens with zero attached hydrogens (tertiary/aromatic N) is 9. The van der Waals surface area contributed by atoms with Gasteiger partial charge in [0.1, 0.15) is 36.8 Å². The van der Waals surface area contributed by atoms with Crippen LogP contribution in [0.1, 0.15) is 41.6 Å². The smallest absolute Gasteiger partial charge is 0.385 e. The molecule has 0 N–H and O–H groups in total. The normalized spacial score (nSPS) is 16.5. The molecule has 0 aliphatic rings. The van der Waals surface area contributed by atoms with Gasteiger partial charge in [-0.3, -0.25) is 31.7 Å². The number of imidazole rings is 1. The van der Waals surface area contributed by atoms with Crippen molar-refractivity contribution in [1.29, 1.82) is 0 Å². The fraction of sp³-hybridized carbons (Fsp3) is 0.536. The van der Waals surface area contributed by atoms with E-state index in [2.05, 4.69) is 35.0 Å². The Morgan fingerprint density at radius 1 is 0.918 bits per heavy atom. The van der Waals surface area contributed by atoms with E-state index in [9.17, 15) is 9.13 Å². The van der Waals surface area contributed by atoms with Gasteiger partial charge in [-0.15, -0.1) is 5.10 Å². The molecule has 21 heteroatoms. The molecule has 5 atom stereocenters. The number of phosphoric acid groups is 2. The first kappa shape index (κ1) is 35.0. The maximum absolute atomic E-state index is 13.9. The third-order valence-electron chi connectivity index (χ3n) is 6.16. The lowest BCUT2D eigenvalue weighted by atomic mass is 10.3.